The lowest BCUT2D eigenvalue weighted by atomic mass is 10.4. The number of aryl methyl sites for hydroxylation is 1. The third-order valence-corrected chi connectivity index (χ3v) is 1.90. The van der Waals surface area contributed by atoms with Crippen molar-refractivity contribution in [1.82, 2.24) is 19.7 Å². The molecule has 4 nitrogen and oxygen atoms in total. The van der Waals surface area contributed by atoms with Gasteiger partial charge < -0.3 is 0 Å². The maximum atomic E-state index is 12.3. The van der Waals surface area contributed by atoms with E-state index in [0.717, 1.165) is 10.7 Å². The van der Waals surface area contributed by atoms with E-state index >= 15 is 0 Å². The zero-order valence-corrected chi connectivity index (χ0v) is 8.23. The normalized spacial score (nSPS) is 11.8. The SMILES string of the molecule is Cc1cc(-n2ccc(C(F)(F)F)n2)ncn1. The van der Waals surface area contributed by atoms with E-state index in [9.17, 15) is 13.2 Å². The first-order chi connectivity index (χ1) is 7.47. The van der Waals surface area contributed by atoms with Crippen LogP contribution in [-0.4, -0.2) is 19.7 Å². The summed E-state index contributed by atoms with van der Waals surface area (Å²) in [4.78, 5) is 7.67. The van der Waals surface area contributed by atoms with E-state index in [1.807, 2.05) is 0 Å². The molecule has 0 spiro atoms. The molecule has 0 N–H and O–H groups in total. The van der Waals surface area contributed by atoms with Crippen LogP contribution in [0, 0.1) is 6.92 Å². The van der Waals surface area contributed by atoms with Gasteiger partial charge in [-0.3, -0.25) is 0 Å². The molecule has 2 aromatic heterocycles. The highest BCUT2D eigenvalue weighted by molar-refractivity contribution is 5.23. The lowest BCUT2D eigenvalue weighted by Gasteiger charge is -2.02. The van der Waals surface area contributed by atoms with Gasteiger partial charge in [0.05, 0.1) is 0 Å². The van der Waals surface area contributed by atoms with Crippen LogP contribution in [0.15, 0.2) is 24.7 Å². The average Bonchev–Trinajstić information content (AvgIpc) is 2.65. The van der Waals surface area contributed by atoms with E-state index in [-0.39, 0.29) is 0 Å². The topological polar surface area (TPSA) is 43.6 Å². The van der Waals surface area contributed by atoms with Crippen molar-refractivity contribution in [3.63, 3.8) is 0 Å². The highest BCUT2D eigenvalue weighted by atomic mass is 19.4. The van der Waals surface area contributed by atoms with Crippen LogP contribution in [0.1, 0.15) is 11.4 Å². The third kappa shape index (κ3) is 2.02. The van der Waals surface area contributed by atoms with Crippen LogP contribution in [0.5, 0.6) is 0 Å². The molecule has 0 fully saturated rings. The first-order valence-electron chi connectivity index (χ1n) is 4.39. The Labute approximate surface area is 88.8 Å². The van der Waals surface area contributed by atoms with Gasteiger partial charge in [-0.25, -0.2) is 14.6 Å². The van der Waals surface area contributed by atoms with Gasteiger partial charge in [0, 0.05) is 18.0 Å². The minimum atomic E-state index is -4.44. The van der Waals surface area contributed by atoms with Gasteiger partial charge in [0.15, 0.2) is 11.5 Å². The van der Waals surface area contributed by atoms with Crippen molar-refractivity contribution in [3.05, 3.63) is 36.0 Å². The van der Waals surface area contributed by atoms with E-state index in [1.54, 1.807) is 13.0 Å². The zero-order valence-electron chi connectivity index (χ0n) is 8.23. The highest BCUT2D eigenvalue weighted by Gasteiger charge is 2.33. The van der Waals surface area contributed by atoms with Crippen molar-refractivity contribution < 1.29 is 13.2 Å². The van der Waals surface area contributed by atoms with Crippen LogP contribution < -0.4 is 0 Å². The molecule has 2 heterocycles. The summed E-state index contributed by atoms with van der Waals surface area (Å²) in [6.45, 7) is 1.72. The molecule has 0 bridgehead atoms. The molecule has 16 heavy (non-hydrogen) atoms. The molecular weight excluding hydrogens is 221 g/mol. The molecule has 0 aliphatic carbocycles. The van der Waals surface area contributed by atoms with Gasteiger partial charge in [-0.05, 0) is 13.0 Å². The molecule has 0 aliphatic heterocycles. The van der Waals surface area contributed by atoms with Crippen LogP contribution in [0.4, 0.5) is 13.2 Å². The van der Waals surface area contributed by atoms with Crippen molar-refractivity contribution in [2.24, 2.45) is 0 Å². The standard InChI is InChI=1S/C9H7F3N4/c1-6-4-8(14-5-13-6)16-3-2-7(15-16)9(10,11)12/h2-5H,1H3. The van der Waals surface area contributed by atoms with Gasteiger partial charge in [0.2, 0.25) is 0 Å². The number of rotatable bonds is 1. The van der Waals surface area contributed by atoms with E-state index < -0.39 is 11.9 Å². The van der Waals surface area contributed by atoms with Crippen LogP contribution in [-0.2, 0) is 6.18 Å². The molecule has 2 rings (SSSR count). The predicted molar refractivity (Wildman–Crippen MR) is 48.9 cm³/mol. The van der Waals surface area contributed by atoms with Crippen molar-refractivity contribution in [2.45, 2.75) is 13.1 Å². The van der Waals surface area contributed by atoms with Crippen LogP contribution in [0.2, 0.25) is 0 Å². The summed E-state index contributed by atoms with van der Waals surface area (Å²) in [5, 5.41) is 3.39. The number of hydrogen-bond donors (Lipinski definition) is 0. The lowest BCUT2D eigenvalue weighted by molar-refractivity contribution is -0.141. The molecule has 0 saturated heterocycles. The van der Waals surface area contributed by atoms with Crippen LogP contribution >= 0.6 is 0 Å². The maximum absolute atomic E-state index is 12.3. The Hall–Kier alpha value is -1.92. The number of halogens is 3. The summed E-state index contributed by atoms with van der Waals surface area (Å²) in [7, 11) is 0. The fourth-order valence-corrected chi connectivity index (χ4v) is 1.17. The molecule has 0 amide bonds. The fraction of sp³-hybridized carbons (Fsp3) is 0.222. The Bertz CT molecular complexity index is 503. The van der Waals surface area contributed by atoms with E-state index in [0.29, 0.717) is 11.5 Å². The van der Waals surface area contributed by atoms with Gasteiger partial charge in [0.25, 0.3) is 0 Å². The maximum Gasteiger partial charge on any atom is 0.435 e. The molecule has 7 heteroatoms. The Kier molecular flexibility index (Phi) is 2.37. The molecule has 0 aliphatic rings. The molecule has 0 atom stereocenters. The van der Waals surface area contributed by atoms with E-state index in [1.165, 1.54) is 12.5 Å². The first kappa shape index (κ1) is 10.6. The zero-order chi connectivity index (χ0) is 11.8. The van der Waals surface area contributed by atoms with Crippen LogP contribution in [0.3, 0.4) is 0 Å². The Morgan fingerprint density at radius 1 is 1.25 bits per heavy atom. The minimum Gasteiger partial charge on any atom is -0.242 e. The molecule has 0 aromatic carbocycles. The second kappa shape index (κ2) is 3.58. The lowest BCUT2D eigenvalue weighted by Crippen LogP contribution is -2.08. The summed E-state index contributed by atoms with van der Waals surface area (Å²) in [5.74, 6) is 0.308. The Morgan fingerprint density at radius 3 is 2.56 bits per heavy atom. The highest BCUT2D eigenvalue weighted by Crippen LogP contribution is 2.27. The van der Waals surface area contributed by atoms with Crippen molar-refractivity contribution in [1.29, 1.82) is 0 Å². The number of alkyl halides is 3. The fourth-order valence-electron chi connectivity index (χ4n) is 1.17. The summed E-state index contributed by atoms with van der Waals surface area (Å²) in [6.07, 6.45) is -1.95. The number of aromatic nitrogens is 4. The molecule has 2 aromatic rings. The summed E-state index contributed by atoms with van der Waals surface area (Å²) < 4.78 is 37.9. The second-order valence-electron chi connectivity index (χ2n) is 3.16. The summed E-state index contributed by atoms with van der Waals surface area (Å²) >= 11 is 0. The number of hydrogen-bond acceptors (Lipinski definition) is 3. The first-order valence-corrected chi connectivity index (χ1v) is 4.39. The van der Waals surface area contributed by atoms with Gasteiger partial charge in [-0.15, -0.1) is 0 Å². The largest absolute Gasteiger partial charge is 0.435 e. The quantitative estimate of drug-likeness (QED) is 0.749. The Balaban J connectivity index is 2.39. The summed E-state index contributed by atoms with van der Waals surface area (Å²) in [6, 6.07) is 2.45. The van der Waals surface area contributed by atoms with Gasteiger partial charge >= 0.3 is 6.18 Å². The second-order valence-corrected chi connectivity index (χ2v) is 3.16. The van der Waals surface area contributed by atoms with Gasteiger partial charge in [-0.2, -0.15) is 18.3 Å². The molecule has 0 unspecified atom stereocenters. The molecule has 0 saturated carbocycles. The molecular formula is C9H7F3N4. The van der Waals surface area contributed by atoms with Crippen LogP contribution in [0.25, 0.3) is 5.82 Å². The summed E-state index contributed by atoms with van der Waals surface area (Å²) in [5.41, 5.74) is -0.280. The van der Waals surface area contributed by atoms with Crippen molar-refractivity contribution >= 4 is 0 Å². The van der Waals surface area contributed by atoms with Gasteiger partial charge in [-0.1, -0.05) is 0 Å². The molecule has 84 valence electrons. The van der Waals surface area contributed by atoms with Crippen molar-refractivity contribution in [2.75, 3.05) is 0 Å². The minimum absolute atomic E-state index is 0.308. The van der Waals surface area contributed by atoms with E-state index in [2.05, 4.69) is 15.1 Å². The predicted octanol–water partition coefficient (Wildman–Crippen LogP) is 1.99. The van der Waals surface area contributed by atoms with Gasteiger partial charge in [0.1, 0.15) is 6.33 Å². The van der Waals surface area contributed by atoms with Crippen molar-refractivity contribution in [3.8, 4) is 5.82 Å². The molecule has 0 radical (unpaired) electrons. The average molecular weight is 228 g/mol. The third-order valence-electron chi connectivity index (χ3n) is 1.90. The smallest absolute Gasteiger partial charge is 0.242 e. The van der Waals surface area contributed by atoms with E-state index in [4.69, 9.17) is 0 Å². The number of nitrogens with zero attached hydrogens (tertiary/aromatic N) is 4. The monoisotopic (exact) mass is 228 g/mol. The Morgan fingerprint density at radius 2 is 2.00 bits per heavy atom.